The van der Waals surface area contributed by atoms with Crippen molar-refractivity contribution in [3.05, 3.63) is 33.8 Å². The summed E-state index contributed by atoms with van der Waals surface area (Å²) in [5.41, 5.74) is 3.97. The van der Waals surface area contributed by atoms with Gasteiger partial charge in [-0.1, -0.05) is 50.3 Å². The Balaban J connectivity index is 2.18. The lowest BCUT2D eigenvalue weighted by atomic mass is 9.90. The lowest BCUT2D eigenvalue weighted by Gasteiger charge is -2.24. The zero-order chi connectivity index (χ0) is 14.5. The zero-order valence-electron chi connectivity index (χ0n) is 13.1. The molecule has 2 rings (SSSR count). The summed E-state index contributed by atoms with van der Waals surface area (Å²) < 4.78 is 0. The van der Waals surface area contributed by atoms with Crippen LogP contribution < -0.4 is 5.32 Å². The van der Waals surface area contributed by atoms with Gasteiger partial charge in [0.1, 0.15) is 0 Å². The highest BCUT2D eigenvalue weighted by Gasteiger charge is 2.22. The lowest BCUT2D eigenvalue weighted by molar-refractivity contribution is 0.394. The fourth-order valence-corrected chi connectivity index (χ4v) is 3.62. The maximum absolute atomic E-state index is 6.24. The highest BCUT2D eigenvalue weighted by molar-refractivity contribution is 6.31. The molecule has 112 valence electrons. The molecule has 0 spiro atoms. The fourth-order valence-electron chi connectivity index (χ4n) is 3.40. The summed E-state index contributed by atoms with van der Waals surface area (Å²) in [4.78, 5) is 0. The Morgan fingerprint density at radius 2 is 1.90 bits per heavy atom. The standard InChI is InChI=1S/C18H28ClN/c1-4-9-20-18(12-15-7-5-6-8-15)16-10-14(3)17(19)11-13(16)2/h10-11,15,18,20H,4-9,12H2,1-3H3. The van der Waals surface area contributed by atoms with Gasteiger partial charge < -0.3 is 5.32 Å². The third-order valence-electron chi connectivity index (χ3n) is 4.61. The van der Waals surface area contributed by atoms with Gasteiger partial charge in [0, 0.05) is 11.1 Å². The van der Waals surface area contributed by atoms with Gasteiger partial charge in [-0.2, -0.15) is 0 Å². The number of rotatable bonds is 6. The van der Waals surface area contributed by atoms with Crippen LogP contribution >= 0.6 is 11.6 Å². The second-order valence-corrected chi connectivity index (χ2v) is 6.76. The monoisotopic (exact) mass is 293 g/mol. The number of nitrogens with one attached hydrogen (secondary N) is 1. The summed E-state index contributed by atoms with van der Waals surface area (Å²) in [7, 11) is 0. The van der Waals surface area contributed by atoms with Crippen LogP contribution in [0.5, 0.6) is 0 Å². The third kappa shape index (κ3) is 3.99. The van der Waals surface area contributed by atoms with Crippen molar-refractivity contribution in [1.82, 2.24) is 5.32 Å². The molecule has 0 amide bonds. The van der Waals surface area contributed by atoms with Crippen LogP contribution in [0, 0.1) is 19.8 Å². The summed E-state index contributed by atoms with van der Waals surface area (Å²) in [6.45, 7) is 7.63. The molecule has 1 nitrogen and oxygen atoms in total. The summed E-state index contributed by atoms with van der Waals surface area (Å²) in [6, 6.07) is 4.91. The van der Waals surface area contributed by atoms with Crippen LogP contribution in [0.25, 0.3) is 0 Å². The Morgan fingerprint density at radius 1 is 1.20 bits per heavy atom. The number of hydrogen-bond acceptors (Lipinski definition) is 1. The van der Waals surface area contributed by atoms with E-state index in [4.69, 9.17) is 11.6 Å². The SMILES string of the molecule is CCCNC(CC1CCCC1)c1cc(C)c(Cl)cc1C. The molecule has 1 aromatic rings. The van der Waals surface area contributed by atoms with Gasteiger partial charge in [-0.3, -0.25) is 0 Å². The topological polar surface area (TPSA) is 12.0 Å². The molecule has 1 atom stereocenters. The first-order chi connectivity index (χ1) is 9.61. The van der Waals surface area contributed by atoms with Crippen molar-refractivity contribution >= 4 is 11.6 Å². The molecule has 0 heterocycles. The van der Waals surface area contributed by atoms with Crippen molar-refractivity contribution in [2.24, 2.45) is 5.92 Å². The highest BCUT2D eigenvalue weighted by Crippen LogP contribution is 2.35. The molecule has 1 saturated carbocycles. The minimum Gasteiger partial charge on any atom is -0.310 e. The summed E-state index contributed by atoms with van der Waals surface area (Å²) in [6.07, 6.45) is 8.13. The van der Waals surface area contributed by atoms with Gasteiger partial charge in [0.15, 0.2) is 0 Å². The van der Waals surface area contributed by atoms with E-state index in [0.29, 0.717) is 6.04 Å². The first-order valence-corrected chi connectivity index (χ1v) is 8.49. The van der Waals surface area contributed by atoms with Crippen molar-refractivity contribution in [2.75, 3.05) is 6.54 Å². The second-order valence-electron chi connectivity index (χ2n) is 6.35. The molecular weight excluding hydrogens is 266 g/mol. The molecule has 1 fully saturated rings. The molecule has 1 aliphatic carbocycles. The van der Waals surface area contributed by atoms with Crippen LogP contribution in [0.3, 0.4) is 0 Å². The van der Waals surface area contributed by atoms with E-state index in [1.54, 1.807) is 0 Å². The quantitative estimate of drug-likeness (QED) is 0.722. The van der Waals surface area contributed by atoms with Crippen LogP contribution in [0.1, 0.15) is 68.2 Å². The second kappa shape index (κ2) is 7.47. The van der Waals surface area contributed by atoms with Crippen LogP contribution in [0.2, 0.25) is 5.02 Å². The van der Waals surface area contributed by atoms with Crippen molar-refractivity contribution in [3.8, 4) is 0 Å². The van der Waals surface area contributed by atoms with Crippen LogP contribution in [-0.2, 0) is 0 Å². The van der Waals surface area contributed by atoms with E-state index in [-0.39, 0.29) is 0 Å². The Bertz CT molecular complexity index is 435. The van der Waals surface area contributed by atoms with E-state index in [9.17, 15) is 0 Å². The number of benzene rings is 1. The van der Waals surface area contributed by atoms with Gasteiger partial charge in [-0.25, -0.2) is 0 Å². The Labute approximate surface area is 129 Å². The van der Waals surface area contributed by atoms with Gasteiger partial charge in [0.05, 0.1) is 0 Å². The molecule has 0 radical (unpaired) electrons. The number of hydrogen-bond donors (Lipinski definition) is 1. The molecule has 1 aromatic carbocycles. The first kappa shape index (κ1) is 15.9. The molecule has 0 bridgehead atoms. The molecule has 1 unspecified atom stereocenters. The van der Waals surface area contributed by atoms with Gasteiger partial charge >= 0.3 is 0 Å². The van der Waals surface area contributed by atoms with Crippen molar-refractivity contribution in [2.45, 2.75) is 65.3 Å². The Hall–Kier alpha value is -0.530. The van der Waals surface area contributed by atoms with E-state index in [1.165, 1.54) is 55.2 Å². The van der Waals surface area contributed by atoms with E-state index < -0.39 is 0 Å². The minimum absolute atomic E-state index is 0.494. The van der Waals surface area contributed by atoms with Crippen molar-refractivity contribution in [3.63, 3.8) is 0 Å². The van der Waals surface area contributed by atoms with E-state index in [2.05, 4.69) is 38.2 Å². The molecule has 1 aliphatic rings. The van der Waals surface area contributed by atoms with Gasteiger partial charge in [-0.05, 0) is 61.9 Å². The predicted molar refractivity (Wildman–Crippen MR) is 88.5 cm³/mol. The molecule has 1 N–H and O–H groups in total. The summed E-state index contributed by atoms with van der Waals surface area (Å²) in [5, 5.41) is 4.65. The summed E-state index contributed by atoms with van der Waals surface area (Å²) in [5.74, 6) is 0.903. The fraction of sp³-hybridized carbons (Fsp3) is 0.667. The molecule has 0 saturated heterocycles. The molecular formula is C18H28ClN. The van der Waals surface area contributed by atoms with Gasteiger partial charge in [-0.15, -0.1) is 0 Å². The summed E-state index contributed by atoms with van der Waals surface area (Å²) >= 11 is 6.24. The number of halogens is 1. The smallest absolute Gasteiger partial charge is 0.0438 e. The molecule has 0 aliphatic heterocycles. The first-order valence-electron chi connectivity index (χ1n) is 8.11. The van der Waals surface area contributed by atoms with Crippen molar-refractivity contribution in [1.29, 1.82) is 0 Å². The number of aryl methyl sites for hydroxylation is 2. The van der Waals surface area contributed by atoms with E-state index in [0.717, 1.165) is 17.5 Å². The molecule has 2 heteroatoms. The van der Waals surface area contributed by atoms with Gasteiger partial charge in [0.25, 0.3) is 0 Å². The molecule has 20 heavy (non-hydrogen) atoms. The largest absolute Gasteiger partial charge is 0.310 e. The minimum atomic E-state index is 0.494. The van der Waals surface area contributed by atoms with Crippen LogP contribution in [0.15, 0.2) is 12.1 Å². The Morgan fingerprint density at radius 3 is 2.55 bits per heavy atom. The maximum atomic E-state index is 6.24. The van der Waals surface area contributed by atoms with E-state index in [1.807, 2.05) is 0 Å². The average molecular weight is 294 g/mol. The average Bonchev–Trinajstić information content (AvgIpc) is 2.92. The third-order valence-corrected chi connectivity index (χ3v) is 5.01. The van der Waals surface area contributed by atoms with Crippen LogP contribution in [-0.4, -0.2) is 6.54 Å². The van der Waals surface area contributed by atoms with Crippen molar-refractivity contribution < 1.29 is 0 Å². The molecule has 0 aromatic heterocycles. The zero-order valence-corrected chi connectivity index (χ0v) is 13.9. The highest BCUT2D eigenvalue weighted by atomic mass is 35.5. The maximum Gasteiger partial charge on any atom is 0.0438 e. The lowest BCUT2D eigenvalue weighted by Crippen LogP contribution is -2.25. The normalized spacial score (nSPS) is 17.6. The Kier molecular flexibility index (Phi) is 5.92. The van der Waals surface area contributed by atoms with Crippen LogP contribution in [0.4, 0.5) is 0 Å². The predicted octanol–water partition coefficient (Wildman–Crippen LogP) is 5.58. The van der Waals surface area contributed by atoms with Gasteiger partial charge in [0.2, 0.25) is 0 Å². The van der Waals surface area contributed by atoms with E-state index >= 15 is 0 Å².